The number of pyridine rings is 1. The minimum atomic E-state index is -3.91. The van der Waals surface area contributed by atoms with Crippen molar-refractivity contribution in [3.63, 3.8) is 0 Å². The van der Waals surface area contributed by atoms with Crippen LogP contribution in [0, 0.1) is 18.8 Å². The number of hydrogen-bond acceptors (Lipinski definition) is 7. The van der Waals surface area contributed by atoms with Gasteiger partial charge in [-0.1, -0.05) is 30.4 Å². The molecule has 0 spiro atoms. The molecular formula is C17H22ClN5O3S. The molecule has 146 valence electrons. The number of nitrogen functional groups attached to an aromatic ring is 2. The topological polar surface area (TPSA) is 149 Å². The van der Waals surface area contributed by atoms with Crippen molar-refractivity contribution in [2.45, 2.75) is 33.1 Å². The van der Waals surface area contributed by atoms with E-state index >= 15 is 0 Å². The van der Waals surface area contributed by atoms with Gasteiger partial charge in [0.1, 0.15) is 11.3 Å². The van der Waals surface area contributed by atoms with E-state index in [4.69, 9.17) is 23.1 Å². The summed E-state index contributed by atoms with van der Waals surface area (Å²) in [6, 6.07) is 3.66. The van der Waals surface area contributed by atoms with Crippen molar-refractivity contribution >= 4 is 33.5 Å². The Hall–Kier alpha value is -2.41. The lowest BCUT2D eigenvalue weighted by Crippen LogP contribution is -2.21. The lowest BCUT2D eigenvalue weighted by atomic mass is 9.89. The second kappa shape index (κ2) is 8.99. The van der Waals surface area contributed by atoms with E-state index in [1.54, 1.807) is 12.3 Å². The second-order valence-corrected chi connectivity index (χ2v) is 8.21. The summed E-state index contributed by atoms with van der Waals surface area (Å²) in [4.78, 5) is 11.2. The largest absolute Gasteiger partial charge is 0.748 e. The molecule has 0 saturated heterocycles. The van der Waals surface area contributed by atoms with Crippen LogP contribution in [0.3, 0.4) is 0 Å². The zero-order valence-electron chi connectivity index (χ0n) is 15.5. The molecule has 0 radical (unpaired) electrons. The number of aryl methyl sites for hydroxylation is 1. The van der Waals surface area contributed by atoms with Gasteiger partial charge in [-0.25, -0.2) is 13.4 Å². The van der Waals surface area contributed by atoms with E-state index in [9.17, 15) is 13.0 Å². The first-order valence-electron chi connectivity index (χ1n) is 7.89. The fourth-order valence-corrected chi connectivity index (χ4v) is 1.96. The molecule has 2 aromatic rings. The molecule has 0 aromatic carbocycles. The fraction of sp³-hybridized carbons (Fsp3) is 0.353. The molecule has 0 fully saturated rings. The van der Waals surface area contributed by atoms with Gasteiger partial charge in [-0.2, -0.15) is 0 Å². The van der Waals surface area contributed by atoms with Crippen LogP contribution in [0.5, 0.6) is 0 Å². The lowest BCUT2D eigenvalue weighted by Gasteiger charge is -2.16. The third-order valence-electron chi connectivity index (χ3n) is 3.40. The summed E-state index contributed by atoms with van der Waals surface area (Å²) in [6.07, 6.45) is 1.61. The molecule has 8 nitrogen and oxygen atoms in total. The summed E-state index contributed by atoms with van der Waals surface area (Å²) in [5.41, 5.74) is 13.2. The maximum atomic E-state index is 9.44. The molecule has 2 heterocycles. The van der Waals surface area contributed by atoms with Crippen molar-refractivity contribution in [1.82, 2.24) is 9.97 Å². The molecule has 2 aromatic heterocycles. The number of rotatable bonds is 2. The number of nitrogens with zero attached hydrogens (tertiary/aromatic N) is 2. The molecule has 0 atom stereocenters. The van der Waals surface area contributed by atoms with Crippen molar-refractivity contribution in [3.05, 3.63) is 40.3 Å². The molecule has 0 bridgehead atoms. The summed E-state index contributed by atoms with van der Waals surface area (Å²) in [5, 5.41) is 0.597. The number of anilines is 2. The molecule has 0 saturated carbocycles. The standard InChI is InChI=1S/C15H16ClN5.C2H6O3S/c1-9-11(13(17)21-14(18)20-9)6-7-15(2,3)12-5-4-10(16)8-19-12;1-2-6(3,4)5/h4-5,8H,1-3H3,(H4,17,18,20,21);2H2,1H3,(H,3,4,5). The van der Waals surface area contributed by atoms with Gasteiger partial charge >= 0.3 is 5.95 Å². The van der Waals surface area contributed by atoms with E-state index in [2.05, 4.69) is 26.8 Å². The van der Waals surface area contributed by atoms with Gasteiger partial charge in [-0.15, -0.1) is 4.98 Å². The van der Waals surface area contributed by atoms with Crippen molar-refractivity contribution in [1.29, 1.82) is 0 Å². The lowest BCUT2D eigenvalue weighted by molar-refractivity contribution is -0.346. The zero-order chi connectivity index (χ0) is 20.8. The predicted octanol–water partition coefficient (Wildman–Crippen LogP) is 1.30. The van der Waals surface area contributed by atoms with E-state index in [-0.39, 0.29) is 11.7 Å². The van der Waals surface area contributed by atoms with Crippen LogP contribution in [0.2, 0.25) is 5.02 Å². The Labute approximate surface area is 164 Å². The average Bonchev–Trinajstić information content (AvgIpc) is 2.54. The first kappa shape index (κ1) is 22.6. The van der Waals surface area contributed by atoms with Crippen LogP contribution in [-0.2, 0) is 15.5 Å². The molecule has 0 aliphatic heterocycles. The first-order chi connectivity index (χ1) is 12.4. The van der Waals surface area contributed by atoms with Gasteiger partial charge in [0.15, 0.2) is 0 Å². The number of H-pyrrole nitrogens is 1. The van der Waals surface area contributed by atoms with E-state index in [0.717, 1.165) is 5.69 Å². The van der Waals surface area contributed by atoms with Gasteiger partial charge in [-0.05, 0) is 32.9 Å². The van der Waals surface area contributed by atoms with Crippen molar-refractivity contribution < 1.29 is 18.0 Å². The number of hydrogen-bond donors (Lipinski definition) is 2. The van der Waals surface area contributed by atoms with Crippen molar-refractivity contribution in [2.24, 2.45) is 0 Å². The summed E-state index contributed by atoms with van der Waals surface area (Å²) >= 11 is 5.85. The van der Waals surface area contributed by atoms with E-state index in [1.165, 1.54) is 6.92 Å². The molecule has 0 amide bonds. The number of aromatic amines is 1. The van der Waals surface area contributed by atoms with Crippen LogP contribution in [-0.4, -0.2) is 28.7 Å². The molecule has 0 unspecified atom stereocenters. The third kappa shape index (κ3) is 7.38. The van der Waals surface area contributed by atoms with Crippen LogP contribution in [0.4, 0.5) is 11.8 Å². The minimum Gasteiger partial charge on any atom is -0.748 e. The summed E-state index contributed by atoms with van der Waals surface area (Å²) in [5.74, 6) is 6.61. The average molecular weight is 412 g/mol. The normalized spacial score (nSPS) is 11.0. The van der Waals surface area contributed by atoms with Crippen molar-refractivity contribution in [3.8, 4) is 11.8 Å². The monoisotopic (exact) mass is 411 g/mol. The zero-order valence-corrected chi connectivity index (χ0v) is 17.1. The van der Waals surface area contributed by atoms with E-state index in [0.29, 0.717) is 22.1 Å². The van der Waals surface area contributed by atoms with Crippen LogP contribution in [0.15, 0.2) is 18.3 Å². The first-order valence-corrected chi connectivity index (χ1v) is 9.85. The highest BCUT2D eigenvalue weighted by Gasteiger charge is 2.20. The fourth-order valence-electron chi connectivity index (χ4n) is 1.85. The van der Waals surface area contributed by atoms with E-state index < -0.39 is 15.5 Å². The number of aromatic nitrogens is 3. The third-order valence-corrected chi connectivity index (χ3v) is 4.33. The molecule has 0 aliphatic rings. The Kier molecular flexibility index (Phi) is 7.54. The smallest absolute Gasteiger partial charge is 0.342 e. The maximum absolute atomic E-state index is 9.44. The van der Waals surface area contributed by atoms with Gasteiger partial charge in [0, 0.05) is 11.9 Å². The highest BCUT2D eigenvalue weighted by Crippen LogP contribution is 2.22. The number of nitrogens with one attached hydrogen (secondary N) is 1. The molecule has 10 heteroatoms. The van der Waals surface area contributed by atoms with Gasteiger partial charge in [0.25, 0.3) is 0 Å². The summed E-state index contributed by atoms with van der Waals surface area (Å²) in [7, 11) is -3.91. The van der Waals surface area contributed by atoms with Gasteiger partial charge in [0.05, 0.1) is 26.2 Å². The van der Waals surface area contributed by atoms with Gasteiger partial charge in [0.2, 0.25) is 5.82 Å². The Morgan fingerprint density at radius 2 is 1.93 bits per heavy atom. The Morgan fingerprint density at radius 3 is 2.37 bits per heavy atom. The van der Waals surface area contributed by atoms with Gasteiger partial charge < -0.3 is 16.0 Å². The van der Waals surface area contributed by atoms with Crippen LogP contribution >= 0.6 is 11.6 Å². The van der Waals surface area contributed by atoms with E-state index in [1.807, 2.05) is 26.8 Å². The highest BCUT2D eigenvalue weighted by molar-refractivity contribution is 7.85. The quantitative estimate of drug-likeness (QED) is 0.558. The Balaban J connectivity index is 0.000000527. The minimum absolute atomic E-state index is 0.272. The van der Waals surface area contributed by atoms with Crippen LogP contribution in [0.25, 0.3) is 0 Å². The Bertz CT molecular complexity index is 941. The molecular weight excluding hydrogens is 390 g/mol. The van der Waals surface area contributed by atoms with Gasteiger partial charge in [-0.3, -0.25) is 4.98 Å². The van der Waals surface area contributed by atoms with Crippen molar-refractivity contribution in [2.75, 3.05) is 17.2 Å². The molecule has 2 rings (SSSR count). The molecule has 5 N–H and O–H groups in total. The molecule has 27 heavy (non-hydrogen) atoms. The van der Waals surface area contributed by atoms with Crippen LogP contribution in [0.1, 0.15) is 37.7 Å². The number of nitrogens with two attached hydrogens (primary N) is 2. The highest BCUT2D eigenvalue weighted by atomic mass is 35.5. The summed E-state index contributed by atoms with van der Waals surface area (Å²) in [6.45, 7) is 7.09. The number of halogens is 1. The Morgan fingerprint density at radius 1 is 1.33 bits per heavy atom. The summed E-state index contributed by atoms with van der Waals surface area (Å²) < 4.78 is 28.3. The SMILES string of the molecule is CCS(=O)(=O)[O-].Cc1nc(N)[nH+]c(N)c1C#CC(C)(C)c1ccc(Cl)cn1. The molecule has 0 aliphatic carbocycles. The predicted molar refractivity (Wildman–Crippen MR) is 104 cm³/mol. The van der Waals surface area contributed by atoms with Crippen LogP contribution < -0.4 is 16.5 Å². The second-order valence-electron chi connectivity index (χ2n) is 6.08. The maximum Gasteiger partial charge on any atom is 0.342 e.